The predicted octanol–water partition coefficient (Wildman–Crippen LogP) is 1.16. The molecule has 3 N–H and O–H groups in total. The Kier molecular flexibility index (Phi) is 4.41. The van der Waals surface area contributed by atoms with Crippen LogP contribution in [0.15, 0.2) is 10.9 Å². The third-order valence-electron chi connectivity index (χ3n) is 2.52. The summed E-state index contributed by atoms with van der Waals surface area (Å²) in [5, 5.41) is 7.49. The molecule has 0 saturated carbocycles. The molecule has 0 radical (unpaired) electrons. The zero-order valence-corrected chi connectivity index (χ0v) is 11.8. The minimum atomic E-state index is -0.489. The number of anilines is 2. The third-order valence-corrected chi connectivity index (χ3v) is 3.64. The fourth-order valence-corrected chi connectivity index (χ4v) is 2.62. The van der Waals surface area contributed by atoms with Gasteiger partial charge in [-0.1, -0.05) is 5.16 Å². The number of esters is 1. The van der Waals surface area contributed by atoms with E-state index >= 15 is 0 Å². The molecule has 108 valence electrons. The molecule has 2 rings (SSSR count). The summed E-state index contributed by atoms with van der Waals surface area (Å²) in [4.78, 5) is 15.8. The second-order valence-electron chi connectivity index (χ2n) is 3.72. The van der Waals surface area contributed by atoms with Gasteiger partial charge in [0.2, 0.25) is 6.39 Å². The van der Waals surface area contributed by atoms with Gasteiger partial charge in [-0.3, -0.25) is 0 Å². The Morgan fingerprint density at radius 2 is 2.35 bits per heavy atom. The summed E-state index contributed by atoms with van der Waals surface area (Å²) in [6.45, 7) is 0.552. The number of carbonyl (C=O) groups excluding carboxylic acids is 1. The van der Waals surface area contributed by atoms with Crippen molar-refractivity contribution in [1.29, 1.82) is 0 Å². The molecule has 0 aliphatic rings. The van der Waals surface area contributed by atoms with E-state index < -0.39 is 5.97 Å². The second kappa shape index (κ2) is 6.24. The topological polar surface area (TPSA) is 112 Å². The van der Waals surface area contributed by atoms with Crippen LogP contribution >= 0.6 is 11.3 Å². The number of nitrogens with one attached hydrogen (secondary N) is 1. The molecule has 8 nitrogen and oxygen atoms in total. The molecule has 2 aromatic rings. The Balaban J connectivity index is 2.08. The molecule has 0 aliphatic heterocycles. The lowest BCUT2D eigenvalue weighted by atomic mass is 10.3. The molecule has 0 unspecified atom stereocenters. The van der Waals surface area contributed by atoms with Crippen molar-refractivity contribution in [3.63, 3.8) is 0 Å². The van der Waals surface area contributed by atoms with Crippen LogP contribution in [0, 0.1) is 0 Å². The first-order valence-electron chi connectivity index (χ1n) is 5.71. The number of aromatic nitrogens is 2. The average molecular weight is 298 g/mol. The molecule has 0 bridgehead atoms. The number of carbonyl (C=O) groups is 1. The van der Waals surface area contributed by atoms with E-state index in [0.29, 0.717) is 34.4 Å². The highest BCUT2D eigenvalue weighted by Gasteiger charge is 2.22. The van der Waals surface area contributed by atoms with Gasteiger partial charge in [-0.05, 0) is 0 Å². The first-order valence-corrected chi connectivity index (χ1v) is 6.52. The number of hydrogen-bond acceptors (Lipinski definition) is 9. The standard InChI is InChI=1S/C11H14N4O4S/c1-17-8-7(12)9(11(16)18-2)20-10(8)13-4-3-6-14-5-19-15-6/h5,13H,3-4,12H2,1-2H3. The highest BCUT2D eigenvalue weighted by molar-refractivity contribution is 7.19. The molecule has 0 atom stereocenters. The molecule has 2 aromatic heterocycles. The summed E-state index contributed by atoms with van der Waals surface area (Å²) < 4.78 is 14.5. The Hall–Kier alpha value is -2.29. The number of hydrogen-bond donors (Lipinski definition) is 2. The van der Waals surface area contributed by atoms with Gasteiger partial charge in [-0.2, -0.15) is 4.98 Å². The van der Waals surface area contributed by atoms with Crippen molar-refractivity contribution in [3.05, 3.63) is 17.1 Å². The Bertz CT molecular complexity index is 582. The zero-order chi connectivity index (χ0) is 14.5. The minimum absolute atomic E-state index is 0.270. The van der Waals surface area contributed by atoms with Gasteiger partial charge >= 0.3 is 5.97 Å². The molecule has 0 fully saturated rings. The van der Waals surface area contributed by atoms with Crippen molar-refractivity contribution in [2.75, 3.05) is 31.8 Å². The maximum atomic E-state index is 11.6. The van der Waals surface area contributed by atoms with E-state index in [0.717, 1.165) is 0 Å². The molecular formula is C11H14N4O4S. The lowest BCUT2D eigenvalue weighted by Crippen LogP contribution is -2.05. The summed E-state index contributed by atoms with van der Waals surface area (Å²) in [6.07, 6.45) is 1.85. The SMILES string of the molecule is COC(=O)c1sc(NCCc2ncon2)c(OC)c1N. The van der Waals surface area contributed by atoms with Gasteiger partial charge in [0, 0.05) is 13.0 Å². The van der Waals surface area contributed by atoms with Gasteiger partial charge in [0.1, 0.15) is 15.6 Å². The van der Waals surface area contributed by atoms with Crippen molar-refractivity contribution in [1.82, 2.24) is 10.1 Å². The van der Waals surface area contributed by atoms with Crippen LogP contribution in [0.1, 0.15) is 15.5 Å². The highest BCUT2D eigenvalue weighted by Crippen LogP contribution is 2.42. The number of nitrogens with zero attached hydrogens (tertiary/aromatic N) is 2. The molecule has 0 spiro atoms. The van der Waals surface area contributed by atoms with E-state index in [1.165, 1.54) is 32.0 Å². The third kappa shape index (κ3) is 2.82. The molecule has 0 aliphatic carbocycles. The number of nitrogen functional groups attached to an aromatic ring is 1. The van der Waals surface area contributed by atoms with Crippen LogP contribution in [0.3, 0.4) is 0 Å². The zero-order valence-electron chi connectivity index (χ0n) is 11.0. The Labute approximate surface area is 118 Å². The lowest BCUT2D eigenvalue weighted by molar-refractivity contribution is 0.0607. The number of nitrogens with two attached hydrogens (primary N) is 1. The molecule has 0 amide bonds. The highest BCUT2D eigenvalue weighted by atomic mass is 32.1. The molecule has 0 saturated heterocycles. The number of rotatable bonds is 6. The lowest BCUT2D eigenvalue weighted by Gasteiger charge is -2.05. The number of ether oxygens (including phenoxy) is 2. The molecule has 0 aromatic carbocycles. The summed E-state index contributed by atoms with van der Waals surface area (Å²) in [6, 6.07) is 0. The summed E-state index contributed by atoms with van der Waals surface area (Å²) in [7, 11) is 2.79. The van der Waals surface area contributed by atoms with Crippen LogP contribution in [0.2, 0.25) is 0 Å². The van der Waals surface area contributed by atoms with E-state index in [1.807, 2.05) is 0 Å². The van der Waals surface area contributed by atoms with Crippen LogP contribution in [0.25, 0.3) is 0 Å². The van der Waals surface area contributed by atoms with E-state index in [9.17, 15) is 4.79 Å². The van der Waals surface area contributed by atoms with Crippen molar-refractivity contribution in [3.8, 4) is 5.75 Å². The molecular weight excluding hydrogens is 284 g/mol. The monoisotopic (exact) mass is 298 g/mol. The first-order chi connectivity index (χ1) is 9.67. The quantitative estimate of drug-likeness (QED) is 0.764. The second-order valence-corrected chi connectivity index (χ2v) is 4.74. The van der Waals surface area contributed by atoms with Crippen molar-refractivity contribution >= 4 is 28.0 Å². The normalized spacial score (nSPS) is 10.3. The summed E-state index contributed by atoms with van der Waals surface area (Å²) >= 11 is 1.18. The van der Waals surface area contributed by atoms with Gasteiger partial charge in [0.25, 0.3) is 0 Å². The fraction of sp³-hybridized carbons (Fsp3) is 0.364. The van der Waals surface area contributed by atoms with E-state index in [2.05, 4.69) is 24.7 Å². The van der Waals surface area contributed by atoms with Gasteiger partial charge in [-0.15, -0.1) is 11.3 Å². The molecule has 9 heteroatoms. The number of methoxy groups -OCH3 is 2. The molecule has 2 heterocycles. The predicted molar refractivity (Wildman–Crippen MR) is 73.1 cm³/mol. The van der Waals surface area contributed by atoms with E-state index in [4.69, 9.17) is 10.5 Å². The summed E-state index contributed by atoms with van der Waals surface area (Å²) in [5.41, 5.74) is 6.13. The van der Waals surface area contributed by atoms with E-state index in [-0.39, 0.29) is 5.69 Å². The maximum Gasteiger partial charge on any atom is 0.350 e. The van der Waals surface area contributed by atoms with Crippen LogP contribution in [0.5, 0.6) is 5.75 Å². The molecule has 20 heavy (non-hydrogen) atoms. The first kappa shape index (κ1) is 14.1. The number of thiophene rings is 1. The van der Waals surface area contributed by atoms with Crippen molar-refractivity contribution in [2.24, 2.45) is 0 Å². The van der Waals surface area contributed by atoms with Gasteiger partial charge < -0.3 is 25.0 Å². The van der Waals surface area contributed by atoms with Gasteiger partial charge in [-0.25, -0.2) is 4.79 Å². The Morgan fingerprint density at radius 1 is 1.55 bits per heavy atom. The van der Waals surface area contributed by atoms with Crippen LogP contribution in [0.4, 0.5) is 10.7 Å². The van der Waals surface area contributed by atoms with Crippen molar-refractivity contribution < 1.29 is 18.8 Å². The van der Waals surface area contributed by atoms with E-state index in [1.54, 1.807) is 0 Å². The van der Waals surface area contributed by atoms with Gasteiger partial charge in [0.05, 0.1) is 14.2 Å². The Morgan fingerprint density at radius 3 is 2.95 bits per heavy atom. The average Bonchev–Trinajstić information content (AvgIpc) is 3.06. The fourth-order valence-electron chi connectivity index (χ4n) is 1.58. The van der Waals surface area contributed by atoms with Crippen molar-refractivity contribution in [2.45, 2.75) is 6.42 Å². The minimum Gasteiger partial charge on any atom is -0.492 e. The van der Waals surface area contributed by atoms with Gasteiger partial charge in [0.15, 0.2) is 11.6 Å². The largest absolute Gasteiger partial charge is 0.492 e. The van der Waals surface area contributed by atoms with Crippen LogP contribution in [-0.2, 0) is 11.2 Å². The maximum absolute atomic E-state index is 11.6. The van der Waals surface area contributed by atoms with Crippen LogP contribution < -0.4 is 15.8 Å². The summed E-state index contributed by atoms with van der Waals surface area (Å²) in [5.74, 6) is 0.537. The van der Waals surface area contributed by atoms with Crippen LogP contribution in [-0.4, -0.2) is 36.9 Å². The smallest absolute Gasteiger partial charge is 0.350 e.